The molecule has 0 atom stereocenters. The van der Waals surface area contributed by atoms with Gasteiger partial charge in [-0.15, -0.1) is 0 Å². The van der Waals surface area contributed by atoms with Gasteiger partial charge in [0.15, 0.2) is 17.9 Å². The van der Waals surface area contributed by atoms with E-state index < -0.39 is 0 Å². The zero-order valence-electron chi connectivity index (χ0n) is 13.3. The van der Waals surface area contributed by atoms with Crippen molar-refractivity contribution in [3.05, 3.63) is 71.3 Å². The van der Waals surface area contributed by atoms with Crippen LogP contribution in [0.2, 0.25) is 0 Å². The number of hydrogen-bond acceptors (Lipinski definition) is 5. The molecule has 0 unspecified atom stereocenters. The summed E-state index contributed by atoms with van der Waals surface area (Å²) in [5.41, 5.74) is 1.43. The number of allylic oxidation sites excluding steroid dienone is 2. The molecule has 0 aliphatic rings. The molecule has 0 bridgehead atoms. The van der Waals surface area contributed by atoms with Gasteiger partial charge in [-0.05, 0) is 47.5 Å². The molecule has 25 heavy (non-hydrogen) atoms. The average Bonchev–Trinajstić information content (AvgIpc) is 2.60. The van der Waals surface area contributed by atoms with Crippen LogP contribution in [0.1, 0.15) is 27.9 Å². The van der Waals surface area contributed by atoms with E-state index in [0.29, 0.717) is 11.8 Å². The van der Waals surface area contributed by atoms with E-state index >= 15 is 0 Å². The van der Waals surface area contributed by atoms with E-state index in [4.69, 9.17) is 0 Å². The van der Waals surface area contributed by atoms with Gasteiger partial charge in [-0.3, -0.25) is 14.4 Å². The van der Waals surface area contributed by atoms with Crippen LogP contribution in [0.15, 0.2) is 54.6 Å². The van der Waals surface area contributed by atoms with E-state index in [0.717, 1.165) is 5.56 Å². The fourth-order valence-electron chi connectivity index (χ4n) is 2.02. The first-order valence-electron chi connectivity index (χ1n) is 7.47. The first-order chi connectivity index (χ1) is 12.0. The van der Waals surface area contributed by atoms with Gasteiger partial charge in [0.05, 0.1) is 12.0 Å². The molecule has 126 valence electrons. The minimum absolute atomic E-state index is 0.127. The summed E-state index contributed by atoms with van der Waals surface area (Å²) in [6.45, 7) is 0. The summed E-state index contributed by atoms with van der Waals surface area (Å²) in [5.74, 6) is -0.716. The van der Waals surface area contributed by atoms with Crippen LogP contribution in [0.3, 0.4) is 0 Å². The summed E-state index contributed by atoms with van der Waals surface area (Å²) in [7, 11) is 0. The Kier molecular flexibility index (Phi) is 6.01. The molecule has 0 saturated carbocycles. The Balaban J connectivity index is 1.93. The Labute approximate surface area is 144 Å². The van der Waals surface area contributed by atoms with Crippen LogP contribution >= 0.6 is 0 Å². The largest absolute Gasteiger partial charge is 0.508 e. The minimum atomic E-state index is -0.374. The molecule has 0 amide bonds. The normalized spacial score (nSPS) is 11.0. The van der Waals surface area contributed by atoms with Gasteiger partial charge in [-0.25, -0.2) is 0 Å². The Morgan fingerprint density at radius 2 is 1.40 bits per heavy atom. The van der Waals surface area contributed by atoms with Crippen LogP contribution in [-0.4, -0.2) is 28.1 Å². The van der Waals surface area contributed by atoms with Crippen molar-refractivity contribution in [3.63, 3.8) is 0 Å². The minimum Gasteiger partial charge on any atom is -0.508 e. The van der Waals surface area contributed by atoms with Gasteiger partial charge in [0.2, 0.25) is 0 Å². The van der Waals surface area contributed by atoms with Crippen LogP contribution in [0, 0.1) is 0 Å². The molecule has 0 radical (unpaired) electrons. The van der Waals surface area contributed by atoms with Gasteiger partial charge in [0.25, 0.3) is 0 Å². The highest BCUT2D eigenvalue weighted by Crippen LogP contribution is 2.17. The molecule has 2 N–H and O–H groups in total. The third-order valence-corrected chi connectivity index (χ3v) is 3.34. The summed E-state index contributed by atoms with van der Waals surface area (Å²) in [6, 6.07) is 10.7. The first-order valence-corrected chi connectivity index (χ1v) is 7.47. The molecule has 0 fully saturated rings. The van der Waals surface area contributed by atoms with E-state index in [1.807, 2.05) is 0 Å². The Morgan fingerprint density at radius 1 is 0.840 bits per heavy atom. The van der Waals surface area contributed by atoms with Crippen molar-refractivity contribution in [1.29, 1.82) is 0 Å². The van der Waals surface area contributed by atoms with E-state index in [-0.39, 0.29) is 35.0 Å². The number of aldehydes is 1. The molecule has 0 aliphatic carbocycles. The third kappa shape index (κ3) is 5.58. The number of benzene rings is 2. The average molecular weight is 336 g/mol. The Hall–Kier alpha value is -3.47. The van der Waals surface area contributed by atoms with Gasteiger partial charge in [0, 0.05) is 0 Å². The van der Waals surface area contributed by atoms with Crippen LogP contribution < -0.4 is 0 Å². The monoisotopic (exact) mass is 336 g/mol. The topological polar surface area (TPSA) is 91.7 Å². The number of ketones is 2. The standard InChI is InChI=1S/C20H16O5/c21-13-16-11-15(5-10-20(16)25)4-9-19(24)12-18(23)8-3-14-1-6-17(22)7-2-14/h1-11,13,22,25H,12H2. The third-order valence-electron chi connectivity index (χ3n) is 3.34. The lowest BCUT2D eigenvalue weighted by Crippen LogP contribution is -2.01. The van der Waals surface area contributed by atoms with Crippen molar-refractivity contribution in [2.75, 3.05) is 0 Å². The molecule has 0 aromatic heterocycles. The van der Waals surface area contributed by atoms with Gasteiger partial charge in [-0.2, -0.15) is 0 Å². The van der Waals surface area contributed by atoms with Crippen molar-refractivity contribution in [1.82, 2.24) is 0 Å². The number of carbonyl (C=O) groups is 3. The highest BCUT2D eigenvalue weighted by Gasteiger charge is 2.04. The number of phenolic OH excluding ortho intramolecular Hbond substituents is 2. The Morgan fingerprint density at radius 3 is 2.00 bits per heavy atom. The van der Waals surface area contributed by atoms with E-state index in [9.17, 15) is 24.6 Å². The predicted molar refractivity (Wildman–Crippen MR) is 94.3 cm³/mol. The summed E-state index contributed by atoms with van der Waals surface area (Å²) in [6.07, 6.45) is 5.85. The quantitative estimate of drug-likeness (QED) is 0.460. The van der Waals surface area contributed by atoms with Gasteiger partial charge < -0.3 is 10.2 Å². The molecular formula is C20H16O5. The highest BCUT2D eigenvalue weighted by molar-refractivity contribution is 6.10. The van der Waals surface area contributed by atoms with Crippen LogP contribution in [0.5, 0.6) is 11.5 Å². The predicted octanol–water partition coefficient (Wildman–Crippen LogP) is 3.17. The van der Waals surface area contributed by atoms with Crippen molar-refractivity contribution in [2.24, 2.45) is 0 Å². The fourth-order valence-corrected chi connectivity index (χ4v) is 2.02. The maximum atomic E-state index is 11.8. The second-order valence-corrected chi connectivity index (χ2v) is 5.30. The van der Waals surface area contributed by atoms with E-state index in [2.05, 4.69) is 0 Å². The lowest BCUT2D eigenvalue weighted by molar-refractivity contribution is -0.121. The maximum Gasteiger partial charge on any atom is 0.163 e. The molecule has 0 spiro atoms. The molecule has 2 aromatic carbocycles. The Bertz CT molecular complexity index is 845. The van der Waals surface area contributed by atoms with Gasteiger partial charge in [-0.1, -0.05) is 30.4 Å². The number of aromatic hydroxyl groups is 2. The van der Waals surface area contributed by atoms with Crippen molar-refractivity contribution in [3.8, 4) is 11.5 Å². The van der Waals surface area contributed by atoms with Crippen molar-refractivity contribution >= 4 is 30.0 Å². The summed E-state index contributed by atoms with van der Waals surface area (Å²) in [5, 5.41) is 18.6. The highest BCUT2D eigenvalue weighted by atomic mass is 16.3. The van der Waals surface area contributed by atoms with E-state index in [1.54, 1.807) is 24.3 Å². The van der Waals surface area contributed by atoms with E-state index in [1.165, 1.54) is 42.5 Å². The molecule has 2 aromatic rings. The lowest BCUT2D eigenvalue weighted by Gasteiger charge is -1.98. The summed E-state index contributed by atoms with van der Waals surface area (Å²) < 4.78 is 0. The fraction of sp³-hybridized carbons (Fsp3) is 0.0500. The summed E-state index contributed by atoms with van der Waals surface area (Å²) in [4.78, 5) is 34.3. The number of carbonyl (C=O) groups excluding carboxylic acids is 3. The van der Waals surface area contributed by atoms with Crippen LogP contribution in [0.25, 0.3) is 12.2 Å². The first kappa shape index (κ1) is 17.9. The SMILES string of the molecule is O=Cc1cc(C=CC(=O)CC(=O)C=Cc2ccc(O)cc2)ccc1O. The maximum absolute atomic E-state index is 11.8. The molecular weight excluding hydrogens is 320 g/mol. The molecule has 5 nitrogen and oxygen atoms in total. The second-order valence-electron chi connectivity index (χ2n) is 5.30. The van der Waals surface area contributed by atoms with Crippen molar-refractivity contribution < 1.29 is 24.6 Å². The molecule has 5 heteroatoms. The zero-order valence-corrected chi connectivity index (χ0v) is 13.3. The molecule has 0 heterocycles. The molecule has 2 rings (SSSR count). The van der Waals surface area contributed by atoms with Crippen molar-refractivity contribution in [2.45, 2.75) is 6.42 Å². The lowest BCUT2D eigenvalue weighted by atomic mass is 10.1. The smallest absolute Gasteiger partial charge is 0.163 e. The second kappa shape index (κ2) is 8.40. The molecule has 0 saturated heterocycles. The van der Waals surface area contributed by atoms with Crippen LogP contribution in [0.4, 0.5) is 0 Å². The van der Waals surface area contributed by atoms with Gasteiger partial charge >= 0.3 is 0 Å². The zero-order chi connectivity index (χ0) is 18.2. The van der Waals surface area contributed by atoms with Crippen LogP contribution in [-0.2, 0) is 9.59 Å². The van der Waals surface area contributed by atoms with Gasteiger partial charge in [0.1, 0.15) is 11.5 Å². The number of hydrogen-bond donors (Lipinski definition) is 2. The number of phenols is 2. The number of rotatable bonds is 7. The summed E-state index contributed by atoms with van der Waals surface area (Å²) >= 11 is 0. The molecule has 0 aliphatic heterocycles.